The molecule has 0 aromatic heterocycles. The van der Waals surface area contributed by atoms with Crippen LogP contribution in [0.2, 0.25) is 0 Å². The molecule has 0 saturated heterocycles. The maximum atomic E-state index is 11.6. The Morgan fingerprint density at radius 1 is 1.30 bits per heavy atom. The number of rotatable bonds is 8. The number of ether oxygens (including phenoxy) is 2. The van der Waals surface area contributed by atoms with Crippen molar-refractivity contribution in [1.82, 2.24) is 0 Å². The molecular formula is C17H24O3. The molecule has 0 aliphatic carbocycles. The molecule has 0 N–H and O–H groups in total. The summed E-state index contributed by atoms with van der Waals surface area (Å²) < 4.78 is 10.9. The zero-order valence-corrected chi connectivity index (χ0v) is 12.6. The first-order valence-corrected chi connectivity index (χ1v) is 7.27. The lowest BCUT2D eigenvalue weighted by Gasteiger charge is -2.09. The monoisotopic (exact) mass is 276 g/mol. The summed E-state index contributed by atoms with van der Waals surface area (Å²) in [5, 5.41) is 0. The third-order valence-corrected chi connectivity index (χ3v) is 2.97. The van der Waals surface area contributed by atoms with Crippen molar-refractivity contribution in [2.45, 2.75) is 46.1 Å². The van der Waals surface area contributed by atoms with Gasteiger partial charge in [0.1, 0.15) is 5.75 Å². The second kappa shape index (κ2) is 9.18. The van der Waals surface area contributed by atoms with Gasteiger partial charge < -0.3 is 9.47 Å². The first-order chi connectivity index (χ1) is 9.67. The highest BCUT2D eigenvalue weighted by molar-refractivity contribution is 5.87. The van der Waals surface area contributed by atoms with Crippen molar-refractivity contribution < 1.29 is 14.3 Å². The van der Waals surface area contributed by atoms with Crippen LogP contribution in [0.3, 0.4) is 0 Å². The van der Waals surface area contributed by atoms with Gasteiger partial charge in [-0.15, -0.1) is 0 Å². The van der Waals surface area contributed by atoms with Crippen molar-refractivity contribution in [3.63, 3.8) is 0 Å². The second-order valence-corrected chi connectivity index (χ2v) is 4.73. The summed E-state index contributed by atoms with van der Waals surface area (Å²) in [5.41, 5.74) is 0.893. The molecule has 3 heteroatoms. The Labute approximate surface area is 121 Å². The van der Waals surface area contributed by atoms with Crippen LogP contribution < -0.4 is 4.74 Å². The number of para-hydroxylation sites is 1. The number of benzene rings is 1. The smallest absolute Gasteiger partial charge is 0.331 e. The van der Waals surface area contributed by atoms with Gasteiger partial charge in [-0.25, -0.2) is 4.79 Å². The molecule has 0 saturated carbocycles. The molecule has 1 rings (SSSR count). The van der Waals surface area contributed by atoms with E-state index in [1.165, 1.54) is 6.08 Å². The van der Waals surface area contributed by atoms with Gasteiger partial charge in [-0.2, -0.15) is 0 Å². The third kappa shape index (κ3) is 5.91. The molecule has 0 fully saturated rings. The number of carbonyl (C=O) groups excluding carboxylic acids is 1. The largest absolute Gasteiger partial charge is 0.493 e. The Bertz CT molecular complexity index is 438. The van der Waals surface area contributed by atoms with Gasteiger partial charge >= 0.3 is 5.97 Å². The summed E-state index contributed by atoms with van der Waals surface area (Å²) >= 11 is 0. The fourth-order valence-corrected chi connectivity index (χ4v) is 1.55. The van der Waals surface area contributed by atoms with E-state index in [1.807, 2.05) is 38.1 Å². The topological polar surface area (TPSA) is 35.5 Å². The van der Waals surface area contributed by atoms with E-state index in [0.717, 1.165) is 30.6 Å². The van der Waals surface area contributed by atoms with E-state index in [0.29, 0.717) is 6.61 Å². The lowest BCUT2D eigenvalue weighted by molar-refractivity contribution is -0.142. The molecule has 1 unspecified atom stereocenters. The molecule has 110 valence electrons. The van der Waals surface area contributed by atoms with Crippen molar-refractivity contribution in [3.8, 4) is 5.75 Å². The van der Waals surface area contributed by atoms with Crippen LogP contribution in [-0.4, -0.2) is 18.7 Å². The van der Waals surface area contributed by atoms with Crippen LogP contribution in [-0.2, 0) is 9.53 Å². The third-order valence-electron chi connectivity index (χ3n) is 2.97. The Hall–Kier alpha value is -1.77. The van der Waals surface area contributed by atoms with Gasteiger partial charge in [0.2, 0.25) is 0 Å². The fourth-order valence-electron chi connectivity index (χ4n) is 1.55. The normalized spacial score (nSPS) is 12.3. The van der Waals surface area contributed by atoms with E-state index >= 15 is 0 Å². The molecule has 0 spiro atoms. The van der Waals surface area contributed by atoms with E-state index in [1.54, 1.807) is 6.08 Å². The minimum Gasteiger partial charge on any atom is -0.493 e. The van der Waals surface area contributed by atoms with Crippen LogP contribution in [0.1, 0.15) is 45.6 Å². The minimum atomic E-state index is -0.317. The van der Waals surface area contributed by atoms with Crippen LogP contribution in [0.4, 0.5) is 0 Å². The van der Waals surface area contributed by atoms with E-state index in [-0.39, 0.29) is 12.1 Å². The van der Waals surface area contributed by atoms with Gasteiger partial charge in [0.15, 0.2) is 0 Å². The van der Waals surface area contributed by atoms with E-state index in [4.69, 9.17) is 9.47 Å². The SMILES string of the molecule is CCCCOc1ccccc1C=CC(=O)OC(C)CC. The van der Waals surface area contributed by atoms with E-state index in [2.05, 4.69) is 6.92 Å². The van der Waals surface area contributed by atoms with Crippen LogP contribution in [0.5, 0.6) is 5.75 Å². The maximum absolute atomic E-state index is 11.6. The number of carbonyl (C=O) groups is 1. The lowest BCUT2D eigenvalue weighted by Crippen LogP contribution is -2.11. The molecule has 20 heavy (non-hydrogen) atoms. The number of esters is 1. The van der Waals surface area contributed by atoms with Crippen LogP contribution >= 0.6 is 0 Å². The Morgan fingerprint density at radius 2 is 2.05 bits per heavy atom. The summed E-state index contributed by atoms with van der Waals surface area (Å²) in [6, 6.07) is 7.69. The molecule has 0 amide bonds. The zero-order chi connectivity index (χ0) is 14.8. The number of hydrogen-bond acceptors (Lipinski definition) is 3. The Morgan fingerprint density at radius 3 is 2.75 bits per heavy atom. The van der Waals surface area contributed by atoms with E-state index < -0.39 is 0 Å². The average molecular weight is 276 g/mol. The van der Waals surface area contributed by atoms with Gasteiger partial charge in [0.25, 0.3) is 0 Å². The van der Waals surface area contributed by atoms with Crippen molar-refractivity contribution in [1.29, 1.82) is 0 Å². The second-order valence-electron chi connectivity index (χ2n) is 4.73. The molecule has 1 aromatic carbocycles. The van der Waals surface area contributed by atoms with Crippen LogP contribution in [0, 0.1) is 0 Å². The first-order valence-electron chi connectivity index (χ1n) is 7.27. The Kier molecular flexibility index (Phi) is 7.48. The minimum absolute atomic E-state index is 0.0526. The summed E-state index contributed by atoms with van der Waals surface area (Å²) in [5.74, 6) is 0.483. The van der Waals surface area contributed by atoms with Gasteiger partial charge in [-0.3, -0.25) is 0 Å². The summed E-state index contributed by atoms with van der Waals surface area (Å²) in [6.45, 7) is 6.69. The summed E-state index contributed by atoms with van der Waals surface area (Å²) in [4.78, 5) is 11.6. The zero-order valence-electron chi connectivity index (χ0n) is 12.6. The fraction of sp³-hybridized carbons (Fsp3) is 0.471. The van der Waals surface area contributed by atoms with Gasteiger partial charge in [-0.1, -0.05) is 38.5 Å². The van der Waals surface area contributed by atoms with Crippen molar-refractivity contribution in [2.24, 2.45) is 0 Å². The molecule has 0 aliphatic rings. The molecule has 3 nitrogen and oxygen atoms in total. The Balaban J connectivity index is 2.64. The number of unbranched alkanes of at least 4 members (excludes halogenated alkanes) is 1. The first kappa shape index (κ1) is 16.3. The van der Waals surface area contributed by atoms with E-state index in [9.17, 15) is 4.79 Å². The lowest BCUT2D eigenvalue weighted by atomic mass is 10.2. The molecular weight excluding hydrogens is 252 g/mol. The highest BCUT2D eigenvalue weighted by Gasteiger charge is 2.04. The van der Waals surface area contributed by atoms with Crippen molar-refractivity contribution in [3.05, 3.63) is 35.9 Å². The molecule has 0 radical (unpaired) electrons. The number of hydrogen-bond donors (Lipinski definition) is 0. The quantitative estimate of drug-likeness (QED) is 0.405. The predicted octanol–water partition coefficient (Wildman–Crippen LogP) is 4.22. The van der Waals surface area contributed by atoms with Crippen molar-refractivity contribution in [2.75, 3.05) is 6.61 Å². The predicted molar refractivity (Wildman–Crippen MR) is 81.7 cm³/mol. The van der Waals surface area contributed by atoms with Gasteiger partial charge in [0.05, 0.1) is 12.7 Å². The van der Waals surface area contributed by atoms with Gasteiger partial charge in [0, 0.05) is 11.6 Å². The highest BCUT2D eigenvalue weighted by atomic mass is 16.5. The molecule has 1 atom stereocenters. The van der Waals surface area contributed by atoms with Crippen LogP contribution in [0.15, 0.2) is 30.3 Å². The molecule has 0 heterocycles. The summed E-state index contributed by atoms with van der Waals surface area (Å²) in [6.07, 6.45) is 6.08. The summed E-state index contributed by atoms with van der Waals surface area (Å²) in [7, 11) is 0. The standard InChI is InChI=1S/C17H24O3/c1-4-6-13-19-16-10-8-7-9-15(16)11-12-17(18)20-14(3)5-2/h7-12,14H,4-6,13H2,1-3H3. The highest BCUT2D eigenvalue weighted by Crippen LogP contribution is 2.19. The van der Waals surface area contributed by atoms with Crippen LogP contribution in [0.25, 0.3) is 6.08 Å². The maximum Gasteiger partial charge on any atom is 0.331 e. The molecule has 1 aromatic rings. The van der Waals surface area contributed by atoms with Crippen molar-refractivity contribution >= 4 is 12.0 Å². The molecule has 0 aliphatic heterocycles. The molecule has 0 bridgehead atoms. The van der Waals surface area contributed by atoms with Gasteiger partial charge in [-0.05, 0) is 31.9 Å². The average Bonchev–Trinajstić information content (AvgIpc) is 2.46.